The van der Waals surface area contributed by atoms with Crippen molar-refractivity contribution in [2.24, 2.45) is 0 Å². The number of alkyl halides is 1. The van der Waals surface area contributed by atoms with Crippen LogP contribution in [0.1, 0.15) is 133 Å². The third-order valence-electron chi connectivity index (χ3n) is 5.84. The van der Waals surface area contributed by atoms with Crippen molar-refractivity contribution < 1.29 is 0 Å². The number of rotatable bonds is 18. The molecule has 1 rings (SSSR count). The molecule has 0 aliphatic rings. The minimum atomic E-state index is 0.192. The minimum absolute atomic E-state index is 0.192. The molecule has 27 heavy (non-hydrogen) atoms. The van der Waals surface area contributed by atoms with E-state index in [9.17, 15) is 0 Å². The van der Waals surface area contributed by atoms with Gasteiger partial charge in [0.1, 0.15) is 0 Å². The largest absolute Gasteiger partial charge is 0.118 e. The lowest BCUT2D eigenvalue weighted by molar-refractivity contribution is 0.526. The van der Waals surface area contributed by atoms with Crippen molar-refractivity contribution in [2.45, 2.75) is 128 Å². The third kappa shape index (κ3) is 13.3. The highest BCUT2D eigenvalue weighted by Gasteiger charge is 2.09. The summed E-state index contributed by atoms with van der Waals surface area (Å²) in [5.41, 5.74) is 2.65. The zero-order chi connectivity index (χ0) is 19.6. The molecule has 0 aromatic heterocycles. The van der Waals surface area contributed by atoms with Gasteiger partial charge in [0.25, 0.3) is 0 Å². The van der Waals surface area contributed by atoms with E-state index in [4.69, 9.17) is 11.6 Å². The lowest BCUT2D eigenvalue weighted by Crippen LogP contribution is -1.94. The monoisotopic (exact) mass is 392 g/mol. The molecule has 0 radical (unpaired) electrons. The van der Waals surface area contributed by atoms with Crippen LogP contribution in [0, 0.1) is 6.92 Å². The minimum Gasteiger partial charge on any atom is -0.118 e. The van der Waals surface area contributed by atoms with E-state index in [2.05, 4.69) is 38.1 Å². The lowest BCUT2D eigenvalue weighted by atomic mass is 10.00. The van der Waals surface area contributed by atoms with Crippen LogP contribution in [0.5, 0.6) is 0 Å². The van der Waals surface area contributed by atoms with Crippen molar-refractivity contribution in [1.29, 1.82) is 0 Å². The van der Waals surface area contributed by atoms with Gasteiger partial charge < -0.3 is 0 Å². The molecule has 1 aromatic carbocycles. The van der Waals surface area contributed by atoms with Gasteiger partial charge >= 0.3 is 0 Å². The fourth-order valence-electron chi connectivity index (χ4n) is 3.97. The summed E-state index contributed by atoms with van der Waals surface area (Å²) < 4.78 is 0. The molecule has 0 bridgehead atoms. The first kappa shape index (κ1) is 24.5. The highest BCUT2D eigenvalue weighted by Crippen LogP contribution is 2.29. The Morgan fingerprint density at radius 3 is 1.48 bits per heavy atom. The topological polar surface area (TPSA) is 0 Å². The van der Waals surface area contributed by atoms with E-state index in [1.807, 2.05) is 0 Å². The molecule has 0 N–H and O–H groups in total. The van der Waals surface area contributed by atoms with Gasteiger partial charge in [-0.1, -0.05) is 134 Å². The second-order valence-electron chi connectivity index (χ2n) is 8.42. The third-order valence-corrected chi connectivity index (χ3v) is 6.29. The van der Waals surface area contributed by atoms with Crippen LogP contribution in [0.2, 0.25) is 0 Å². The van der Waals surface area contributed by atoms with Crippen molar-refractivity contribution in [2.75, 3.05) is 0 Å². The molecule has 1 unspecified atom stereocenters. The quantitative estimate of drug-likeness (QED) is 0.172. The van der Waals surface area contributed by atoms with Gasteiger partial charge in [0, 0.05) is 0 Å². The molecule has 0 saturated heterocycles. The van der Waals surface area contributed by atoms with E-state index >= 15 is 0 Å². The molecule has 0 aliphatic carbocycles. The zero-order valence-electron chi connectivity index (χ0n) is 18.3. The molecule has 1 aromatic rings. The van der Waals surface area contributed by atoms with Gasteiger partial charge in [0.2, 0.25) is 0 Å². The van der Waals surface area contributed by atoms with Gasteiger partial charge in [-0.05, 0) is 24.5 Å². The predicted molar refractivity (Wildman–Crippen MR) is 124 cm³/mol. The summed E-state index contributed by atoms with van der Waals surface area (Å²) in [5, 5.41) is 0.192. The predicted octanol–water partition coefficient (Wildman–Crippen LogP) is 9.93. The van der Waals surface area contributed by atoms with E-state index in [0.29, 0.717) is 0 Å². The smallest absolute Gasteiger partial charge is 0.0587 e. The maximum atomic E-state index is 6.58. The molecule has 0 heterocycles. The standard InChI is InChI=1S/C26H45Cl/c1-3-4-5-6-7-8-9-10-11-12-13-14-15-16-17-18-23-26(27)25-22-20-19-21-24(25)2/h19-22,26H,3-18,23H2,1-2H3. The molecule has 0 nitrogen and oxygen atoms in total. The van der Waals surface area contributed by atoms with Crippen LogP contribution in [-0.2, 0) is 0 Å². The molecule has 1 heteroatoms. The van der Waals surface area contributed by atoms with Crippen LogP contribution in [0.25, 0.3) is 0 Å². The molecule has 0 saturated carbocycles. The number of hydrogen-bond acceptors (Lipinski definition) is 0. The molecule has 0 fully saturated rings. The van der Waals surface area contributed by atoms with Crippen molar-refractivity contribution in [3.63, 3.8) is 0 Å². The Hall–Kier alpha value is -0.490. The van der Waals surface area contributed by atoms with Crippen molar-refractivity contribution in [3.8, 4) is 0 Å². The van der Waals surface area contributed by atoms with Crippen LogP contribution in [0.15, 0.2) is 24.3 Å². The summed E-state index contributed by atoms with van der Waals surface area (Å²) >= 11 is 6.58. The second kappa shape index (κ2) is 17.6. The fourth-order valence-corrected chi connectivity index (χ4v) is 4.36. The highest BCUT2D eigenvalue weighted by molar-refractivity contribution is 6.20. The average Bonchev–Trinajstić information content (AvgIpc) is 2.68. The van der Waals surface area contributed by atoms with E-state index in [-0.39, 0.29) is 5.38 Å². The Balaban J connectivity index is 1.81. The normalized spacial score (nSPS) is 12.4. The van der Waals surface area contributed by atoms with Crippen LogP contribution in [0.3, 0.4) is 0 Å². The van der Waals surface area contributed by atoms with Crippen LogP contribution >= 0.6 is 11.6 Å². The Kier molecular flexibility index (Phi) is 16.0. The summed E-state index contributed by atoms with van der Waals surface area (Å²) in [4.78, 5) is 0. The molecule has 156 valence electrons. The molecule has 0 amide bonds. The fraction of sp³-hybridized carbons (Fsp3) is 0.769. The average molecular weight is 393 g/mol. The summed E-state index contributed by atoms with van der Waals surface area (Å²) in [5.74, 6) is 0. The summed E-state index contributed by atoms with van der Waals surface area (Å²) in [6, 6.07) is 8.54. The number of halogens is 1. The summed E-state index contributed by atoms with van der Waals surface area (Å²) in [6.07, 6.45) is 23.9. The van der Waals surface area contributed by atoms with Gasteiger partial charge in [-0.15, -0.1) is 11.6 Å². The molecule has 1 atom stereocenters. The van der Waals surface area contributed by atoms with Crippen LogP contribution in [0.4, 0.5) is 0 Å². The van der Waals surface area contributed by atoms with Crippen LogP contribution in [-0.4, -0.2) is 0 Å². The first-order valence-corrected chi connectivity index (χ1v) is 12.4. The molecular formula is C26H45Cl. The molecule has 0 spiro atoms. The number of unbranched alkanes of at least 4 members (excludes halogenated alkanes) is 15. The van der Waals surface area contributed by atoms with E-state index < -0.39 is 0 Å². The zero-order valence-corrected chi connectivity index (χ0v) is 19.0. The van der Waals surface area contributed by atoms with Gasteiger partial charge in [-0.3, -0.25) is 0 Å². The Morgan fingerprint density at radius 2 is 1.04 bits per heavy atom. The first-order chi connectivity index (χ1) is 13.3. The maximum absolute atomic E-state index is 6.58. The summed E-state index contributed by atoms with van der Waals surface area (Å²) in [6.45, 7) is 4.46. The molecular weight excluding hydrogens is 348 g/mol. The second-order valence-corrected chi connectivity index (χ2v) is 8.94. The van der Waals surface area contributed by atoms with Crippen molar-refractivity contribution in [1.82, 2.24) is 0 Å². The van der Waals surface area contributed by atoms with Crippen molar-refractivity contribution in [3.05, 3.63) is 35.4 Å². The molecule has 0 aliphatic heterocycles. The van der Waals surface area contributed by atoms with E-state index in [0.717, 1.165) is 6.42 Å². The Labute approximate surface area is 175 Å². The first-order valence-electron chi connectivity index (χ1n) is 11.9. The van der Waals surface area contributed by atoms with Gasteiger partial charge in [0.05, 0.1) is 5.38 Å². The van der Waals surface area contributed by atoms with E-state index in [1.165, 1.54) is 114 Å². The number of hydrogen-bond donors (Lipinski definition) is 0. The highest BCUT2D eigenvalue weighted by atomic mass is 35.5. The SMILES string of the molecule is CCCCCCCCCCCCCCCCCCC(Cl)c1ccccc1C. The van der Waals surface area contributed by atoms with Gasteiger partial charge in [-0.2, -0.15) is 0 Å². The maximum Gasteiger partial charge on any atom is 0.0587 e. The van der Waals surface area contributed by atoms with Gasteiger partial charge in [0.15, 0.2) is 0 Å². The number of aryl methyl sites for hydroxylation is 1. The van der Waals surface area contributed by atoms with Crippen molar-refractivity contribution >= 4 is 11.6 Å². The Morgan fingerprint density at radius 1 is 0.630 bits per heavy atom. The number of benzene rings is 1. The lowest BCUT2D eigenvalue weighted by Gasteiger charge is -2.12. The Bertz CT molecular complexity index is 440. The van der Waals surface area contributed by atoms with Crippen LogP contribution < -0.4 is 0 Å². The van der Waals surface area contributed by atoms with E-state index in [1.54, 1.807) is 0 Å². The summed E-state index contributed by atoms with van der Waals surface area (Å²) in [7, 11) is 0. The van der Waals surface area contributed by atoms with Gasteiger partial charge in [-0.25, -0.2) is 0 Å².